The molecule has 0 bridgehead atoms. The Hall–Kier alpha value is -1.62. The Bertz CT molecular complexity index is 406. The number of carbonyl (C=O) groups is 1. The highest BCUT2D eigenvalue weighted by atomic mass is 35.5. The maximum atomic E-state index is 11.3. The van der Waals surface area contributed by atoms with Crippen LogP contribution in [-0.2, 0) is 4.74 Å². The van der Waals surface area contributed by atoms with Gasteiger partial charge in [-0.2, -0.15) is 0 Å². The number of nitrogens with two attached hydrogens (primary N) is 1. The molecule has 0 unspecified atom stereocenters. The number of methoxy groups -OCH3 is 2. The first-order chi connectivity index (χ1) is 7.02. The van der Waals surface area contributed by atoms with Crippen LogP contribution in [0.3, 0.4) is 0 Å². The van der Waals surface area contributed by atoms with Gasteiger partial charge in [-0.3, -0.25) is 0 Å². The van der Waals surface area contributed by atoms with Crippen LogP contribution in [0.5, 0.6) is 11.5 Å². The standard InChI is InChI=1S/C9H10ClNO4/c1-14-8-4(10)3-5(11)7(12)6(8)9(13)15-2/h3,12H,11H2,1-2H3. The number of nitrogen functional groups attached to an aromatic ring is 1. The minimum atomic E-state index is -0.765. The molecule has 3 N–H and O–H groups in total. The third kappa shape index (κ3) is 1.92. The van der Waals surface area contributed by atoms with E-state index in [1.807, 2.05) is 0 Å². The molecule has 0 spiro atoms. The van der Waals surface area contributed by atoms with Gasteiger partial charge in [0, 0.05) is 0 Å². The molecule has 0 heterocycles. The van der Waals surface area contributed by atoms with Crippen LogP contribution in [0.4, 0.5) is 5.69 Å². The summed E-state index contributed by atoms with van der Waals surface area (Å²) in [5.41, 5.74) is 5.25. The molecule has 0 saturated heterocycles. The summed E-state index contributed by atoms with van der Waals surface area (Å²) < 4.78 is 9.36. The van der Waals surface area contributed by atoms with Crippen molar-refractivity contribution in [3.63, 3.8) is 0 Å². The minimum Gasteiger partial charge on any atom is -0.505 e. The molecule has 0 atom stereocenters. The number of benzene rings is 1. The Morgan fingerprint density at radius 2 is 2.13 bits per heavy atom. The van der Waals surface area contributed by atoms with Gasteiger partial charge in [-0.1, -0.05) is 11.6 Å². The first-order valence-electron chi connectivity index (χ1n) is 3.96. The summed E-state index contributed by atoms with van der Waals surface area (Å²) >= 11 is 5.78. The molecular formula is C9H10ClNO4. The second-order valence-electron chi connectivity index (χ2n) is 2.70. The first-order valence-corrected chi connectivity index (χ1v) is 4.34. The van der Waals surface area contributed by atoms with Crippen molar-refractivity contribution in [1.82, 2.24) is 0 Å². The lowest BCUT2D eigenvalue weighted by Crippen LogP contribution is -2.06. The van der Waals surface area contributed by atoms with Crippen molar-refractivity contribution in [1.29, 1.82) is 0 Å². The maximum absolute atomic E-state index is 11.3. The van der Waals surface area contributed by atoms with Crippen LogP contribution in [0.1, 0.15) is 10.4 Å². The zero-order valence-electron chi connectivity index (χ0n) is 8.20. The lowest BCUT2D eigenvalue weighted by Gasteiger charge is -2.11. The molecular weight excluding hydrogens is 222 g/mol. The predicted molar refractivity (Wildman–Crippen MR) is 55.4 cm³/mol. The number of aromatic hydroxyl groups is 1. The van der Waals surface area contributed by atoms with Crippen molar-refractivity contribution in [3.05, 3.63) is 16.7 Å². The SMILES string of the molecule is COC(=O)c1c(O)c(N)cc(Cl)c1OC. The van der Waals surface area contributed by atoms with E-state index in [0.717, 1.165) is 0 Å². The topological polar surface area (TPSA) is 81.8 Å². The van der Waals surface area contributed by atoms with Crippen LogP contribution in [0.15, 0.2) is 6.07 Å². The summed E-state index contributed by atoms with van der Waals surface area (Å²) in [5, 5.41) is 9.70. The number of anilines is 1. The number of esters is 1. The number of ether oxygens (including phenoxy) is 2. The van der Waals surface area contributed by atoms with E-state index in [1.165, 1.54) is 20.3 Å². The van der Waals surface area contributed by atoms with Crippen LogP contribution in [0, 0.1) is 0 Å². The van der Waals surface area contributed by atoms with Crippen molar-refractivity contribution < 1.29 is 19.4 Å². The molecule has 1 aromatic carbocycles. The summed E-state index contributed by atoms with van der Waals surface area (Å²) in [6, 6.07) is 1.29. The average molecular weight is 232 g/mol. The number of rotatable bonds is 2. The average Bonchev–Trinajstić information content (AvgIpc) is 2.21. The Morgan fingerprint density at radius 3 is 2.60 bits per heavy atom. The highest BCUT2D eigenvalue weighted by Crippen LogP contribution is 2.39. The Balaban J connectivity index is 3.50. The smallest absolute Gasteiger partial charge is 0.345 e. The van der Waals surface area contributed by atoms with E-state index in [-0.39, 0.29) is 22.0 Å². The zero-order chi connectivity index (χ0) is 11.6. The molecule has 1 aromatic rings. The monoisotopic (exact) mass is 231 g/mol. The van der Waals surface area contributed by atoms with Crippen molar-refractivity contribution in [2.45, 2.75) is 0 Å². The van der Waals surface area contributed by atoms with E-state index < -0.39 is 11.7 Å². The second kappa shape index (κ2) is 4.27. The fourth-order valence-corrected chi connectivity index (χ4v) is 1.42. The van der Waals surface area contributed by atoms with Gasteiger partial charge in [0.15, 0.2) is 11.5 Å². The van der Waals surface area contributed by atoms with E-state index in [2.05, 4.69) is 4.74 Å². The number of phenols is 1. The van der Waals surface area contributed by atoms with E-state index >= 15 is 0 Å². The molecule has 0 aliphatic heterocycles. The van der Waals surface area contributed by atoms with Crippen molar-refractivity contribution in [2.75, 3.05) is 20.0 Å². The molecule has 15 heavy (non-hydrogen) atoms. The largest absolute Gasteiger partial charge is 0.505 e. The lowest BCUT2D eigenvalue weighted by molar-refractivity contribution is 0.0594. The number of halogens is 1. The number of phenolic OH excluding ortho intramolecular Hbond substituents is 1. The highest BCUT2D eigenvalue weighted by molar-refractivity contribution is 6.33. The van der Waals surface area contributed by atoms with Gasteiger partial charge >= 0.3 is 5.97 Å². The van der Waals surface area contributed by atoms with Gasteiger partial charge in [0.05, 0.1) is 24.9 Å². The Labute approximate surface area is 91.4 Å². The molecule has 5 nitrogen and oxygen atoms in total. The molecule has 0 amide bonds. The van der Waals surface area contributed by atoms with Gasteiger partial charge in [-0.15, -0.1) is 0 Å². The van der Waals surface area contributed by atoms with Crippen LogP contribution < -0.4 is 10.5 Å². The number of hydrogen-bond donors (Lipinski definition) is 2. The van der Waals surface area contributed by atoms with Gasteiger partial charge in [0.25, 0.3) is 0 Å². The van der Waals surface area contributed by atoms with E-state index in [1.54, 1.807) is 0 Å². The second-order valence-corrected chi connectivity index (χ2v) is 3.10. The Morgan fingerprint density at radius 1 is 1.53 bits per heavy atom. The summed E-state index contributed by atoms with van der Waals surface area (Å²) in [4.78, 5) is 11.3. The number of carbonyl (C=O) groups excluding carboxylic acids is 1. The van der Waals surface area contributed by atoms with E-state index in [0.29, 0.717) is 0 Å². The van der Waals surface area contributed by atoms with Gasteiger partial charge in [0.1, 0.15) is 5.56 Å². The normalized spacial score (nSPS) is 9.80. The molecule has 0 aliphatic rings. The minimum absolute atomic E-state index is 0.0128. The summed E-state index contributed by atoms with van der Waals surface area (Å²) in [7, 11) is 2.50. The summed E-state index contributed by atoms with van der Waals surface area (Å²) in [6.07, 6.45) is 0. The molecule has 0 aliphatic carbocycles. The summed E-state index contributed by atoms with van der Waals surface area (Å²) in [5.74, 6) is -1.13. The zero-order valence-corrected chi connectivity index (χ0v) is 8.96. The maximum Gasteiger partial charge on any atom is 0.345 e. The van der Waals surface area contributed by atoms with E-state index in [4.69, 9.17) is 22.1 Å². The van der Waals surface area contributed by atoms with Crippen LogP contribution in [0.25, 0.3) is 0 Å². The molecule has 0 saturated carbocycles. The van der Waals surface area contributed by atoms with Crippen molar-refractivity contribution >= 4 is 23.3 Å². The van der Waals surface area contributed by atoms with Crippen LogP contribution in [0.2, 0.25) is 5.02 Å². The number of hydrogen-bond acceptors (Lipinski definition) is 5. The van der Waals surface area contributed by atoms with Crippen molar-refractivity contribution in [3.8, 4) is 11.5 Å². The van der Waals surface area contributed by atoms with E-state index in [9.17, 15) is 9.90 Å². The summed E-state index contributed by atoms with van der Waals surface area (Å²) in [6.45, 7) is 0. The molecule has 1 rings (SSSR count). The van der Waals surface area contributed by atoms with Gasteiger partial charge in [-0.25, -0.2) is 4.79 Å². The molecule has 0 aromatic heterocycles. The van der Waals surface area contributed by atoms with Gasteiger partial charge in [0.2, 0.25) is 0 Å². The Kier molecular flexibility index (Phi) is 3.26. The van der Waals surface area contributed by atoms with Gasteiger partial charge in [-0.05, 0) is 6.07 Å². The fourth-order valence-electron chi connectivity index (χ4n) is 1.13. The third-order valence-electron chi connectivity index (χ3n) is 1.83. The molecule has 0 radical (unpaired) electrons. The molecule has 82 valence electrons. The first kappa shape index (κ1) is 11.5. The predicted octanol–water partition coefficient (Wildman–Crippen LogP) is 1.42. The molecule has 6 heteroatoms. The fraction of sp³-hybridized carbons (Fsp3) is 0.222. The highest BCUT2D eigenvalue weighted by Gasteiger charge is 2.23. The van der Waals surface area contributed by atoms with Crippen molar-refractivity contribution in [2.24, 2.45) is 0 Å². The lowest BCUT2D eigenvalue weighted by atomic mass is 10.1. The quantitative estimate of drug-likeness (QED) is 0.457. The molecule has 0 fully saturated rings. The van der Waals surface area contributed by atoms with Crippen LogP contribution in [-0.4, -0.2) is 25.3 Å². The third-order valence-corrected chi connectivity index (χ3v) is 2.11. The van der Waals surface area contributed by atoms with Gasteiger partial charge < -0.3 is 20.3 Å². The van der Waals surface area contributed by atoms with Crippen LogP contribution >= 0.6 is 11.6 Å².